The highest BCUT2D eigenvalue weighted by Gasteiger charge is 2.48. The Kier molecular flexibility index (Phi) is 5.64. The number of hydrogen-bond donors (Lipinski definition) is 0. The zero-order valence-electron chi connectivity index (χ0n) is 15.7. The molecule has 5 atom stereocenters. The van der Waals surface area contributed by atoms with Crippen molar-refractivity contribution in [1.29, 1.82) is 0 Å². The summed E-state index contributed by atoms with van der Waals surface area (Å²) in [7, 11) is 1.80. The highest BCUT2D eigenvalue weighted by atomic mass is 16.5. The topological polar surface area (TPSA) is 26.3 Å². The first-order valence-corrected chi connectivity index (χ1v) is 10.0. The molecule has 0 heterocycles. The maximum atomic E-state index is 11.8. The molecule has 1 saturated carbocycles. The number of fused-ring (bicyclic) bond motifs is 3. The Morgan fingerprint density at radius 3 is 2.88 bits per heavy atom. The molecule has 0 N–H and O–H groups in total. The molecule has 3 aliphatic carbocycles. The Morgan fingerprint density at radius 1 is 1.29 bits per heavy atom. The highest BCUT2D eigenvalue weighted by molar-refractivity contribution is 5.91. The Hall–Kier alpha value is -0.890. The van der Waals surface area contributed by atoms with E-state index in [-0.39, 0.29) is 0 Å². The van der Waals surface area contributed by atoms with Crippen molar-refractivity contribution in [1.82, 2.24) is 0 Å². The Bertz CT molecular complexity index is 518. The summed E-state index contributed by atoms with van der Waals surface area (Å²) in [5.41, 5.74) is 1.80. The number of rotatable bonds is 6. The van der Waals surface area contributed by atoms with Crippen LogP contribution in [-0.2, 0) is 9.53 Å². The molecule has 0 amide bonds. The van der Waals surface area contributed by atoms with Gasteiger partial charge in [0.15, 0.2) is 5.78 Å². The van der Waals surface area contributed by atoms with E-state index < -0.39 is 0 Å². The fraction of sp³-hybridized carbons (Fsp3) is 0.773. The van der Waals surface area contributed by atoms with Crippen LogP contribution in [0, 0.1) is 29.1 Å². The molecule has 134 valence electrons. The van der Waals surface area contributed by atoms with E-state index in [0.29, 0.717) is 23.0 Å². The van der Waals surface area contributed by atoms with Crippen LogP contribution in [0.2, 0.25) is 0 Å². The van der Waals surface area contributed by atoms with Crippen LogP contribution in [0.3, 0.4) is 0 Å². The fourth-order valence-electron chi connectivity index (χ4n) is 5.92. The predicted molar refractivity (Wildman–Crippen MR) is 98.8 cm³/mol. The van der Waals surface area contributed by atoms with Crippen molar-refractivity contribution >= 4 is 5.78 Å². The predicted octanol–water partition coefficient (Wildman–Crippen LogP) is 5.34. The van der Waals surface area contributed by atoms with Gasteiger partial charge in [-0.25, -0.2) is 0 Å². The number of allylic oxidation sites excluding steroid dienone is 4. The summed E-state index contributed by atoms with van der Waals surface area (Å²) in [5.74, 6) is 3.24. The van der Waals surface area contributed by atoms with Gasteiger partial charge in [0.1, 0.15) is 0 Å². The third-order valence-corrected chi connectivity index (χ3v) is 7.17. The van der Waals surface area contributed by atoms with Crippen LogP contribution in [0.1, 0.15) is 65.2 Å². The lowest BCUT2D eigenvalue weighted by molar-refractivity contribution is -0.115. The molecule has 2 heteroatoms. The molecule has 0 bridgehead atoms. The summed E-state index contributed by atoms with van der Waals surface area (Å²) < 4.78 is 5.23. The van der Waals surface area contributed by atoms with Crippen molar-refractivity contribution in [3.8, 4) is 0 Å². The Labute approximate surface area is 147 Å². The van der Waals surface area contributed by atoms with E-state index in [1.54, 1.807) is 7.11 Å². The van der Waals surface area contributed by atoms with Gasteiger partial charge in [-0.15, -0.1) is 0 Å². The van der Waals surface area contributed by atoms with Gasteiger partial charge >= 0.3 is 0 Å². The van der Waals surface area contributed by atoms with Crippen LogP contribution in [0.5, 0.6) is 0 Å². The maximum Gasteiger partial charge on any atom is 0.155 e. The van der Waals surface area contributed by atoms with Crippen LogP contribution in [0.25, 0.3) is 0 Å². The lowest BCUT2D eigenvalue weighted by Crippen LogP contribution is -2.45. The molecule has 0 radical (unpaired) electrons. The van der Waals surface area contributed by atoms with Gasteiger partial charge in [0.2, 0.25) is 0 Å². The monoisotopic (exact) mass is 330 g/mol. The third-order valence-electron chi connectivity index (χ3n) is 7.17. The third kappa shape index (κ3) is 3.40. The van der Waals surface area contributed by atoms with Gasteiger partial charge in [0, 0.05) is 20.1 Å². The molecule has 24 heavy (non-hydrogen) atoms. The molecule has 1 fully saturated rings. The van der Waals surface area contributed by atoms with Crippen LogP contribution < -0.4 is 0 Å². The van der Waals surface area contributed by atoms with Crippen LogP contribution in [-0.4, -0.2) is 19.5 Å². The molecule has 0 aliphatic heterocycles. The molecule has 0 spiro atoms. The largest absolute Gasteiger partial charge is 0.385 e. The SMILES string of the molecule is CCC1C2C=CC3=CC(=O)CCC3C2CCC1(C)CCCCOC. The Morgan fingerprint density at radius 2 is 2.12 bits per heavy atom. The van der Waals surface area contributed by atoms with Crippen molar-refractivity contribution in [3.05, 3.63) is 23.8 Å². The van der Waals surface area contributed by atoms with Gasteiger partial charge in [-0.1, -0.05) is 38.8 Å². The molecular weight excluding hydrogens is 296 g/mol. The molecule has 5 unspecified atom stereocenters. The number of carbonyl (C=O) groups excluding carboxylic acids is 1. The smallest absolute Gasteiger partial charge is 0.155 e. The van der Waals surface area contributed by atoms with E-state index in [9.17, 15) is 4.79 Å². The van der Waals surface area contributed by atoms with E-state index >= 15 is 0 Å². The average molecular weight is 331 g/mol. The van der Waals surface area contributed by atoms with Crippen molar-refractivity contribution in [2.24, 2.45) is 29.1 Å². The zero-order chi connectivity index (χ0) is 17.2. The van der Waals surface area contributed by atoms with Gasteiger partial charge in [-0.05, 0) is 72.8 Å². The van der Waals surface area contributed by atoms with Crippen molar-refractivity contribution in [3.63, 3.8) is 0 Å². The maximum absolute atomic E-state index is 11.8. The average Bonchev–Trinajstić information content (AvgIpc) is 2.58. The lowest BCUT2D eigenvalue weighted by Gasteiger charge is -2.53. The molecule has 2 nitrogen and oxygen atoms in total. The quantitative estimate of drug-likeness (QED) is 0.615. The fourth-order valence-corrected chi connectivity index (χ4v) is 5.92. The second-order valence-corrected chi connectivity index (χ2v) is 8.51. The summed E-state index contributed by atoms with van der Waals surface area (Å²) in [4.78, 5) is 11.8. The van der Waals surface area contributed by atoms with Crippen LogP contribution in [0.15, 0.2) is 23.8 Å². The molecule has 0 aromatic carbocycles. The molecular formula is C22H34O2. The number of ketones is 1. The van der Waals surface area contributed by atoms with E-state index in [0.717, 1.165) is 31.3 Å². The molecule has 3 rings (SSSR count). The first-order chi connectivity index (χ1) is 11.6. The second-order valence-electron chi connectivity index (χ2n) is 8.51. The van der Waals surface area contributed by atoms with E-state index in [4.69, 9.17) is 4.74 Å². The molecule has 3 aliphatic rings. The van der Waals surface area contributed by atoms with Gasteiger partial charge in [0.05, 0.1) is 0 Å². The molecule has 0 aromatic heterocycles. The minimum absolute atomic E-state index is 0.329. The summed E-state index contributed by atoms with van der Waals surface area (Å²) in [6.45, 7) is 5.81. The highest BCUT2D eigenvalue weighted by Crippen LogP contribution is 2.56. The molecule has 0 aromatic rings. The summed E-state index contributed by atoms with van der Waals surface area (Å²) in [6, 6.07) is 0. The minimum Gasteiger partial charge on any atom is -0.385 e. The van der Waals surface area contributed by atoms with Gasteiger partial charge in [-0.2, -0.15) is 0 Å². The van der Waals surface area contributed by atoms with E-state index in [1.165, 1.54) is 44.1 Å². The molecule has 0 saturated heterocycles. The first-order valence-electron chi connectivity index (χ1n) is 10.0. The van der Waals surface area contributed by atoms with Crippen LogP contribution in [0.4, 0.5) is 0 Å². The number of methoxy groups -OCH3 is 1. The summed E-state index contributed by atoms with van der Waals surface area (Å²) >= 11 is 0. The zero-order valence-corrected chi connectivity index (χ0v) is 15.7. The van der Waals surface area contributed by atoms with Crippen molar-refractivity contribution < 1.29 is 9.53 Å². The van der Waals surface area contributed by atoms with Gasteiger partial charge in [-0.3, -0.25) is 4.79 Å². The summed E-state index contributed by atoms with van der Waals surface area (Å²) in [6.07, 6.45) is 16.3. The number of carbonyl (C=O) groups is 1. The first kappa shape index (κ1) is 17.9. The number of ether oxygens (including phenoxy) is 1. The summed E-state index contributed by atoms with van der Waals surface area (Å²) in [5, 5.41) is 0. The standard InChI is InChI=1S/C22H34O2/c1-4-21-20-9-7-16-15-17(23)8-10-18(16)19(20)11-13-22(21,2)12-5-6-14-24-3/h7,9,15,18-21H,4-6,8,10-14H2,1-3H3. The van der Waals surface area contributed by atoms with Gasteiger partial charge < -0.3 is 4.74 Å². The number of hydrogen-bond acceptors (Lipinski definition) is 2. The van der Waals surface area contributed by atoms with Crippen molar-refractivity contribution in [2.75, 3.05) is 13.7 Å². The van der Waals surface area contributed by atoms with Crippen LogP contribution >= 0.6 is 0 Å². The minimum atomic E-state index is 0.329. The normalized spacial score (nSPS) is 38.5. The number of unbranched alkanes of at least 4 members (excludes halogenated alkanes) is 1. The van der Waals surface area contributed by atoms with Gasteiger partial charge in [0.25, 0.3) is 0 Å². The van der Waals surface area contributed by atoms with E-state index in [1.807, 2.05) is 6.08 Å². The lowest BCUT2D eigenvalue weighted by atomic mass is 9.52. The Balaban J connectivity index is 1.75. The second kappa shape index (κ2) is 7.56. The van der Waals surface area contributed by atoms with Crippen molar-refractivity contribution in [2.45, 2.75) is 65.2 Å². The van der Waals surface area contributed by atoms with E-state index in [2.05, 4.69) is 26.0 Å².